The summed E-state index contributed by atoms with van der Waals surface area (Å²) in [5.41, 5.74) is -0.436. The summed E-state index contributed by atoms with van der Waals surface area (Å²) in [6.45, 7) is 0. The molecule has 0 saturated carbocycles. The van der Waals surface area contributed by atoms with Crippen molar-refractivity contribution in [1.82, 2.24) is 0 Å². The first-order chi connectivity index (χ1) is 9.02. The van der Waals surface area contributed by atoms with Crippen molar-refractivity contribution < 1.29 is 30.8 Å². The number of halogens is 4. The predicted molar refractivity (Wildman–Crippen MR) is 62.8 cm³/mol. The first-order valence-electron chi connectivity index (χ1n) is 4.90. The van der Waals surface area contributed by atoms with E-state index < -0.39 is 28.5 Å². The van der Waals surface area contributed by atoms with Crippen LogP contribution in [0.5, 0.6) is 0 Å². The van der Waals surface area contributed by atoms with Crippen molar-refractivity contribution in [2.24, 2.45) is 5.14 Å². The molecule has 0 saturated heterocycles. The highest BCUT2D eigenvalue weighted by atomic mass is 32.2. The molecule has 0 aliphatic heterocycles. The van der Waals surface area contributed by atoms with Crippen LogP contribution in [-0.4, -0.2) is 26.7 Å². The van der Waals surface area contributed by atoms with Gasteiger partial charge in [0.2, 0.25) is 0 Å². The smallest absolute Gasteiger partial charge is 0.321 e. The van der Waals surface area contributed by atoms with Gasteiger partial charge >= 0.3 is 18.3 Å². The molecule has 1 amide bonds. The Hall–Kier alpha value is -1.88. The van der Waals surface area contributed by atoms with Gasteiger partial charge < -0.3 is 5.32 Å². The number of carbonyl (C=O) groups excluding carboxylic acids is 1. The molecule has 0 fully saturated rings. The van der Waals surface area contributed by atoms with Gasteiger partial charge in [0, 0.05) is 5.69 Å². The van der Waals surface area contributed by atoms with E-state index in [0.717, 1.165) is 12.1 Å². The normalized spacial score (nSPS) is 12.3. The summed E-state index contributed by atoms with van der Waals surface area (Å²) in [4.78, 5) is 11.0. The third-order valence-corrected chi connectivity index (χ3v) is 2.48. The number of nitrogens with one attached hydrogen (secondary N) is 2. The lowest BCUT2D eigenvalue weighted by Crippen LogP contribution is -2.41. The van der Waals surface area contributed by atoms with E-state index in [0.29, 0.717) is 0 Å². The van der Waals surface area contributed by atoms with Gasteiger partial charge in [-0.1, -0.05) is 6.07 Å². The molecular weight excluding hydrogens is 306 g/mol. The third-order valence-electron chi connectivity index (χ3n) is 1.96. The molecule has 0 bridgehead atoms. The molecule has 1 aromatic rings. The van der Waals surface area contributed by atoms with Gasteiger partial charge in [-0.3, -0.25) is 9.52 Å². The second kappa shape index (κ2) is 5.63. The molecule has 11 heteroatoms. The largest absolute Gasteiger partial charge is 0.383 e. The van der Waals surface area contributed by atoms with Gasteiger partial charge in [0.1, 0.15) is 0 Å². The Bertz CT molecular complexity index is 606. The minimum Gasteiger partial charge on any atom is -0.321 e. The average molecular weight is 315 g/mol. The number of carbonyl (C=O) groups is 1. The number of benzene rings is 1. The molecule has 20 heavy (non-hydrogen) atoms. The molecule has 0 radical (unpaired) electrons. The number of anilines is 2. The Kier molecular flexibility index (Phi) is 4.55. The second-order valence-electron chi connectivity index (χ2n) is 3.61. The Labute approximate surface area is 111 Å². The minimum atomic E-state index is -4.86. The van der Waals surface area contributed by atoms with E-state index >= 15 is 0 Å². The molecule has 0 atom stereocenters. The molecule has 1 aromatic carbocycles. The Balaban J connectivity index is 2.89. The summed E-state index contributed by atoms with van der Waals surface area (Å²) in [7, 11) is -4.10. The molecule has 1 rings (SSSR count). The molecule has 0 aliphatic rings. The Morgan fingerprint density at radius 3 is 2.30 bits per heavy atom. The van der Waals surface area contributed by atoms with Crippen LogP contribution in [0.15, 0.2) is 24.3 Å². The van der Waals surface area contributed by atoms with Gasteiger partial charge in [-0.15, -0.1) is 0 Å². The third kappa shape index (κ3) is 4.35. The van der Waals surface area contributed by atoms with Crippen molar-refractivity contribution in [3.8, 4) is 0 Å². The topological polar surface area (TPSA) is 101 Å². The number of hydrogen-bond donors (Lipinski definition) is 3. The van der Waals surface area contributed by atoms with Crippen LogP contribution >= 0.6 is 0 Å². The van der Waals surface area contributed by atoms with E-state index in [1.165, 1.54) is 12.1 Å². The quantitative estimate of drug-likeness (QED) is 0.710. The standard InChI is InChI=1S/C9H9F4N3O3S/c10-7(11)9(12,13)8(17)15-5-2-1-3-6(4-5)16-20(14,18)19/h1-4,7,16H,(H,15,17)(H2,14,18,19). The van der Waals surface area contributed by atoms with Crippen LogP contribution in [0.4, 0.5) is 28.9 Å². The first-order valence-corrected chi connectivity index (χ1v) is 6.45. The summed E-state index contributed by atoms with van der Waals surface area (Å²) in [6, 6.07) is 4.45. The van der Waals surface area contributed by atoms with Crippen molar-refractivity contribution in [2.75, 3.05) is 10.0 Å². The van der Waals surface area contributed by atoms with Gasteiger partial charge in [0.25, 0.3) is 10.2 Å². The van der Waals surface area contributed by atoms with E-state index in [4.69, 9.17) is 0 Å². The zero-order chi connectivity index (χ0) is 15.6. The van der Waals surface area contributed by atoms with Crippen molar-refractivity contribution in [3.05, 3.63) is 24.3 Å². The van der Waals surface area contributed by atoms with Gasteiger partial charge in [0.15, 0.2) is 0 Å². The molecular formula is C9H9F4N3O3S. The lowest BCUT2D eigenvalue weighted by molar-refractivity contribution is -0.163. The second-order valence-corrected chi connectivity index (χ2v) is 4.90. The van der Waals surface area contributed by atoms with E-state index in [1.54, 1.807) is 5.32 Å². The van der Waals surface area contributed by atoms with Crippen LogP contribution in [0.25, 0.3) is 0 Å². The molecule has 4 N–H and O–H groups in total. The van der Waals surface area contributed by atoms with Crippen LogP contribution < -0.4 is 15.2 Å². The van der Waals surface area contributed by atoms with E-state index in [9.17, 15) is 30.8 Å². The number of nitrogens with two attached hydrogens (primary N) is 1. The fraction of sp³-hybridized carbons (Fsp3) is 0.222. The molecule has 0 heterocycles. The summed E-state index contributed by atoms with van der Waals surface area (Å²) in [5.74, 6) is -7.07. The van der Waals surface area contributed by atoms with Crippen LogP contribution in [0, 0.1) is 0 Å². The summed E-state index contributed by atoms with van der Waals surface area (Å²) >= 11 is 0. The van der Waals surface area contributed by atoms with E-state index in [2.05, 4.69) is 5.14 Å². The zero-order valence-electron chi connectivity index (χ0n) is 9.61. The van der Waals surface area contributed by atoms with Crippen LogP contribution in [-0.2, 0) is 15.0 Å². The minimum absolute atomic E-state index is 0.134. The number of alkyl halides is 4. The highest BCUT2D eigenvalue weighted by Crippen LogP contribution is 2.25. The predicted octanol–water partition coefficient (Wildman–Crippen LogP) is 1.14. The van der Waals surface area contributed by atoms with Gasteiger partial charge in [0.05, 0.1) is 5.69 Å². The number of hydrogen-bond acceptors (Lipinski definition) is 3. The maximum atomic E-state index is 12.7. The number of rotatable bonds is 5. The monoisotopic (exact) mass is 315 g/mol. The first kappa shape index (κ1) is 16.2. The van der Waals surface area contributed by atoms with Crippen molar-refractivity contribution >= 4 is 27.5 Å². The summed E-state index contributed by atoms with van der Waals surface area (Å²) in [6.07, 6.45) is -4.16. The van der Waals surface area contributed by atoms with Gasteiger partial charge in [-0.2, -0.15) is 17.2 Å². The molecule has 0 unspecified atom stereocenters. The Morgan fingerprint density at radius 2 is 1.80 bits per heavy atom. The maximum Gasteiger partial charge on any atom is 0.383 e. The van der Waals surface area contributed by atoms with Crippen molar-refractivity contribution in [2.45, 2.75) is 12.3 Å². The molecule has 6 nitrogen and oxygen atoms in total. The summed E-state index contributed by atoms with van der Waals surface area (Å²) < 4.78 is 72.6. The van der Waals surface area contributed by atoms with Gasteiger partial charge in [-0.25, -0.2) is 13.9 Å². The summed E-state index contributed by atoms with van der Waals surface area (Å²) in [5, 5.41) is 6.23. The lowest BCUT2D eigenvalue weighted by atomic mass is 10.2. The highest BCUT2D eigenvalue weighted by molar-refractivity contribution is 7.90. The molecule has 112 valence electrons. The average Bonchev–Trinajstić information content (AvgIpc) is 2.26. The van der Waals surface area contributed by atoms with Crippen molar-refractivity contribution in [3.63, 3.8) is 0 Å². The van der Waals surface area contributed by atoms with Crippen LogP contribution in [0.1, 0.15) is 0 Å². The maximum absolute atomic E-state index is 12.7. The molecule has 0 spiro atoms. The fourth-order valence-electron chi connectivity index (χ4n) is 1.14. The Morgan fingerprint density at radius 1 is 1.25 bits per heavy atom. The number of amides is 1. The van der Waals surface area contributed by atoms with E-state index in [-0.39, 0.29) is 11.4 Å². The molecule has 0 aromatic heterocycles. The zero-order valence-corrected chi connectivity index (χ0v) is 10.4. The lowest BCUT2D eigenvalue weighted by Gasteiger charge is -2.15. The molecule has 0 aliphatic carbocycles. The van der Waals surface area contributed by atoms with Crippen LogP contribution in [0.3, 0.4) is 0 Å². The van der Waals surface area contributed by atoms with Gasteiger partial charge in [-0.05, 0) is 18.2 Å². The van der Waals surface area contributed by atoms with E-state index in [1.807, 2.05) is 4.72 Å². The van der Waals surface area contributed by atoms with Crippen LogP contribution in [0.2, 0.25) is 0 Å². The highest BCUT2D eigenvalue weighted by Gasteiger charge is 2.48. The fourth-order valence-corrected chi connectivity index (χ4v) is 1.59. The van der Waals surface area contributed by atoms with Crippen molar-refractivity contribution in [1.29, 1.82) is 0 Å². The SMILES string of the molecule is NS(=O)(=O)Nc1cccc(NC(=O)C(F)(F)C(F)F)c1.